The van der Waals surface area contributed by atoms with Gasteiger partial charge in [-0.05, 0) is 61.0 Å². The van der Waals surface area contributed by atoms with Gasteiger partial charge in [0, 0.05) is 30.1 Å². The van der Waals surface area contributed by atoms with Crippen molar-refractivity contribution in [2.75, 3.05) is 23.1 Å². The molecule has 0 saturated heterocycles. The van der Waals surface area contributed by atoms with E-state index in [4.69, 9.17) is 4.74 Å². The summed E-state index contributed by atoms with van der Waals surface area (Å²) in [4.78, 5) is 28.0. The molecule has 3 rings (SSSR count). The maximum absolute atomic E-state index is 12.6. The normalized spacial score (nSPS) is 10.2. The fraction of sp³-hybridized carbons (Fsp3) is 0.136. The smallest absolute Gasteiger partial charge is 0.255 e. The van der Waals surface area contributed by atoms with Crippen LogP contribution in [0.4, 0.5) is 22.9 Å². The van der Waals surface area contributed by atoms with Crippen LogP contribution >= 0.6 is 0 Å². The highest BCUT2D eigenvalue weighted by molar-refractivity contribution is 6.04. The van der Waals surface area contributed by atoms with Crippen LogP contribution in [0.25, 0.3) is 0 Å². The quantitative estimate of drug-likeness (QED) is 0.582. The van der Waals surface area contributed by atoms with E-state index >= 15 is 0 Å². The number of nitrogens with one attached hydrogen (secondary N) is 3. The average molecular weight is 390 g/mol. The Morgan fingerprint density at radius 3 is 2.28 bits per heavy atom. The van der Waals surface area contributed by atoms with Gasteiger partial charge in [-0.2, -0.15) is 0 Å². The van der Waals surface area contributed by atoms with Gasteiger partial charge in [0.15, 0.2) is 0 Å². The van der Waals surface area contributed by atoms with E-state index in [0.717, 1.165) is 11.3 Å². The summed E-state index contributed by atoms with van der Waals surface area (Å²) in [5, 5.41) is 8.70. The first kappa shape index (κ1) is 19.9. The van der Waals surface area contributed by atoms with Crippen LogP contribution in [-0.2, 0) is 4.79 Å². The predicted molar refractivity (Wildman–Crippen MR) is 114 cm³/mol. The number of ether oxygens (including phenoxy) is 1. The third-order valence-corrected chi connectivity index (χ3v) is 4.10. The maximum atomic E-state index is 12.6. The minimum absolute atomic E-state index is 0.149. The molecule has 2 aromatic carbocycles. The Kier molecular flexibility index (Phi) is 6.09. The number of aromatic nitrogens is 1. The molecule has 2 amide bonds. The zero-order valence-corrected chi connectivity index (χ0v) is 16.4. The van der Waals surface area contributed by atoms with E-state index in [2.05, 4.69) is 20.9 Å². The molecule has 0 saturated carbocycles. The molecule has 0 unspecified atom stereocenters. The number of carbonyl (C=O) groups excluding carboxylic acids is 2. The summed E-state index contributed by atoms with van der Waals surface area (Å²) < 4.78 is 5.37. The van der Waals surface area contributed by atoms with Gasteiger partial charge in [-0.3, -0.25) is 9.59 Å². The fourth-order valence-corrected chi connectivity index (χ4v) is 2.74. The SMILES string of the molecule is COc1ccc(C)cc1Nc1cc(C(=O)Nc2ccc(NC(C)=O)cc2)ccn1. The van der Waals surface area contributed by atoms with E-state index in [1.807, 2.05) is 25.1 Å². The zero-order chi connectivity index (χ0) is 20.8. The van der Waals surface area contributed by atoms with Gasteiger partial charge >= 0.3 is 0 Å². The van der Waals surface area contributed by atoms with Crippen molar-refractivity contribution >= 4 is 34.7 Å². The van der Waals surface area contributed by atoms with E-state index in [-0.39, 0.29) is 11.8 Å². The van der Waals surface area contributed by atoms with Gasteiger partial charge in [0.1, 0.15) is 11.6 Å². The number of nitrogens with zero attached hydrogens (tertiary/aromatic N) is 1. The van der Waals surface area contributed by atoms with Gasteiger partial charge < -0.3 is 20.7 Å². The fourth-order valence-electron chi connectivity index (χ4n) is 2.74. The molecule has 0 radical (unpaired) electrons. The van der Waals surface area contributed by atoms with Crippen molar-refractivity contribution in [3.8, 4) is 5.75 Å². The van der Waals surface area contributed by atoms with E-state index in [1.54, 1.807) is 49.7 Å². The second-order valence-electron chi connectivity index (χ2n) is 6.47. The van der Waals surface area contributed by atoms with E-state index in [0.29, 0.717) is 28.5 Å². The largest absolute Gasteiger partial charge is 0.495 e. The van der Waals surface area contributed by atoms with Crippen LogP contribution in [0.3, 0.4) is 0 Å². The first-order chi connectivity index (χ1) is 13.9. The molecule has 0 fully saturated rings. The Hall–Kier alpha value is -3.87. The first-order valence-electron chi connectivity index (χ1n) is 9.01. The van der Waals surface area contributed by atoms with Crippen molar-refractivity contribution in [2.24, 2.45) is 0 Å². The number of carbonyl (C=O) groups is 2. The molecule has 3 N–H and O–H groups in total. The number of hydrogen-bond donors (Lipinski definition) is 3. The molecule has 29 heavy (non-hydrogen) atoms. The number of benzene rings is 2. The molecule has 0 spiro atoms. The van der Waals surface area contributed by atoms with E-state index in [1.165, 1.54) is 6.92 Å². The van der Waals surface area contributed by atoms with Crippen molar-refractivity contribution in [3.05, 3.63) is 71.9 Å². The summed E-state index contributed by atoms with van der Waals surface area (Å²) in [6.45, 7) is 3.43. The van der Waals surface area contributed by atoms with Crippen LogP contribution in [0.1, 0.15) is 22.8 Å². The minimum atomic E-state index is -0.265. The molecule has 0 atom stereocenters. The number of hydrogen-bond acceptors (Lipinski definition) is 5. The lowest BCUT2D eigenvalue weighted by atomic mass is 10.2. The highest BCUT2D eigenvalue weighted by atomic mass is 16.5. The molecular formula is C22H22N4O3. The molecule has 0 bridgehead atoms. The Labute approximate surface area is 169 Å². The lowest BCUT2D eigenvalue weighted by Gasteiger charge is -2.12. The van der Waals surface area contributed by atoms with Crippen LogP contribution in [0, 0.1) is 6.92 Å². The Balaban J connectivity index is 1.73. The summed E-state index contributed by atoms with van der Waals surface area (Å²) in [7, 11) is 1.60. The Morgan fingerprint density at radius 1 is 0.931 bits per heavy atom. The number of aryl methyl sites for hydroxylation is 1. The van der Waals surface area contributed by atoms with Crippen molar-refractivity contribution in [1.82, 2.24) is 4.98 Å². The van der Waals surface area contributed by atoms with Crippen LogP contribution in [0.2, 0.25) is 0 Å². The number of amides is 2. The molecule has 1 aromatic heterocycles. The zero-order valence-electron chi connectivity index (χ0n) is 16.4. The highest BCUT2D eigenvalue weighted by Gasteiger charge is 2.10. The summed E-state index contributed by atoms with van der Waals surface area (Å²) in [6, 6.07) is 16.0. The first-order valence-corrected chi connectivity index (χ1v) is 9.01. The molecule has 148 valence electrons. The molecule has 7 nitrogen and oxygen atoms in total. The molecule has 3 aromatic rings. The number of pyridine rings is 1. The number of rotatable bonds is 6. The standard InChI is InChI=1S/C22H22N4O3/c1-14-4-9-20(29-3)19(12-14)26-21-13-16(10-11-23-21)22(28)25-18-7-5-17(6-8-18)24-15(2)27/h4-13H,1-3H3,(H,23,26)(H,24,27)(H,25,28). The highest BCUT2D eigenvalue weighted by Crippen LogP contribution is 2.28. The summed E-state index contributed by atoms with van der Waals surface area (Å²) >= 11 is 0. The summed E-state index contributed by atoms with van der Waals surface area (Å²) in [6.07, 6.45) is 1.57. The van der Waals surface area contributed by atoms with E-state index < -0.39 is 0 Å². The molecule has 0 aliphatic carbocycles. The minimum Gasteiger partial charge on any atom is -0.495 e. The van der Waals surface area contributed by atoms with Crippen molar-refractivity contribution in [3.63, 3.8) is 0 Å². The second-order valence-corrected chi connectivity index (χ2v) is 6.47. The van der Waals surface area contributed by atoms with Gasteiger partial charge in [0.05, 0.1) is 12.8 Å². The van der Waals surface area contributed by atoms with Crippen LogP contribution in [-0.4, -0.2) is 23.9 Å². The monoisotopic (exact) mass is 390 g/mol. The maximum Gasteiger partial charge on any atom is 0.255 e. The Bertz CT molecular complexity index is 1030. The van der Waals surface area contributed by atoms with Crippen molar-refractivity contribution in [1.29, 1.82) is 0 Å². The summed E-state index contributed by atoms with van der Waals surface area (Å²) in [5.74, 6) is 0.803. The predicted octanol–water partition coefficient (Wildman–Crippen LogP) is 4.35. The second kappa shape index (κ2) is 8.88. The van der Waals surface area contributed by atoms with Crippen LogP contribution < -0.4 is 20.7 Å². The van der Waals surface area contributed by atoms with Gasteiger partial charge in [0.25, 0.3) is 5.91 Å². The molecule has 0 aliphatic heterocycles. The van der Waals surface area contributed by atoms with Gasteiger partial charge in [-0.15, -0.1) is 0 Å². The molecular weight excluding hydrogens is 368 g/mol. The number of methoxy groups -OCH3 is 1. The average Bonchev–Trinajstić information content (AvgIpc) is 2.69. The van der Waals surface area contributed by atoms with Crippen molar-refractivity contribution < 1.29 is 14.3 Å². The van der Waals surface area contributed by atoms with Crippen molar-refractivity contribution in [2.45, 2.75) is 13.8 Å². The third-order valence-electron chi connectivity index (χ3n) is 4.10. The summed E-state index contributed by atoms with van der Waals surface area (Å²) in [5.41, 5.74) is 3.59. The Morgan fingerprint density at radius 2 is 1.62 bits per heavy atom. The topological polar surface area (TPSA) is 92.4 Å². The van der Waals surface area contributed by atoms with Gasteiger partial charge in [-0.25, -0.2) is 4.98 Å². The lowest BCUT2D eigenvalue weighted by molar-refractivity contribution is -0.114. The van der Waals surface area contributed by atoms with Crippen LogP contribution in [0.5, 0.6) is 5.75 Å². The third kappa shape index (κ3) is 5.32. The molecule has 1 heterocycles. The number of anilines is 4. The van der Waals surface area contributed by atoms with E-state index in [9.17, 15) is 9.59 Å². The lowest BCUT2D eigenvalue weighted by Crippen LogP contribution is -2.12. The van der Waals surface area contributed by atoms with Gasteiger partial charge in [-0.1, -0.05) is 6.07 Å². The molecule has 0 aliphatic rings. The molecule has 7 heteroatoms. The van der Waals surface area contributed by atoms with Crippen LogP contribution in [0.15, 0.2) is 60.8 Å². The van der Waals surface area contributed by atoms with Gasteiger partial charge in [0.2, 0.25) is 5.91 Å².